The van der Waals surface area contributed by atoms with Gasteiger partial charge in [-0.15, -0.1) is 0 Å². The van der Waals surface area contributed by atoms with Crippen LogP contribution in [0.5, 0.6) is 0 Å². The van der Waals surface area contributed by atoms with E-state index >= 15 is 0 Å². The van der Waals surface area contributed by atoms with E-state index in [1.165, 1.54) is 19.4 Å². The Balaban J connectivity index is 1.92. The van der Waals surface area contributed by atoms with E-state index in [2.05, 4.69) is 37.8 Å². The summed E-state index contributed by atoms with van der Waals surface area (Å²) >= 11 is 3.53. The Hall–Kier alpha value is -0.940. The first-order valence-corrected chi connectivity index (χ1v) is 7.30. The van der Waals surface area contributed by atoms with Gasteiger partial charge in [-0.25, -0.2) is 9.50 Å². The normalized spacial score (nSPS) is 21.6. The Morgan fingerprint density at radius 1 is 1.50 bits per heavy atom. The second-order valence-electron chi connectivity index (χ2n) is 4.83. The second-order valence-corrected chi connectivity index (χ2v) is 5.68. The number of hydrogen-bond donors (Lipinski definition) is 0. The lowest BCUT2D eigenvalue weighted by atomic mass is 9.97. The summed E-state index contributed by atoms with van der Waals surface area (Å²) in [5.41, 5.74) is 0.918. The molecule has 1 aliphatic heterocycles. The highest BCUT2D eigenvalue weighted by Gasteiger charge is 2.24. The zero-order valence-corrected chi connectivity index (χ0v) is 12.1. The summed E-state index contributed by atoms with van der Waals surface area (Å²) in [5, 5.41) is 4.61. The van der Waals surface area contributed by atoms with Gasteiger partial charge < -0.3 is 4.90 Å². The number of likely N-dealkylation sites (tertiary alicyclic amines) is 1. The maximum Gasteiger partial charge on any atom is 0.169 e. The first-order valence-electron chi connectivity index (χ1n) is 6.51. The minimum absolute atomic E-state index is 0.477. The average molecular weight is 309 g/mol. The Kier molecular flexibility index (Phi) is 3.35. The maximum atomic E-state index is 4.68. The molecule has 2 aromatic rings. The van der Waals surface area contributed by atoms with Gasteiger partial charge in [0.05, 0.1) is 4.47 Å². The molecule has 0 N–H and O–H groups in total. The number of pyridine rings is 1. The number of piperidine rings is 1. The molecule has 1 fully saturated rings. The summed E-state index contributed by atoms with van der Waals surface area (Å²) in [7, 11) is 0. The molecule has 0 spiro atoms. The van der Waals surface area contributed by atoms with Crippen LogP contribution >= 0.6 is 15.9 Å². The van der Waals surface area contributed by atoms with Crippen LogP contribution in [0.25, 0.3) is 5.65 Å². The zero-order valence-electron chi connectivity index (χ0n) is 10.5. The van der Waals surface area contributed by atoms with Gasteiger partial charge in [0, 0.05) is 18.7 Å². The van der Waals surface area contributed by atoms with E-state index in [-0.39, 0.29) is 0 Å². The SMILES string of the molecule is CCN1CCCC(c2nc3c(Br)cccn3n2)C1. The third-order valence-corrected chi connectivity index (χ3v) is 4.27. The van der Waals surface area contributed by atoms with Crippen molar-refractivity contribution in [2.45, 2.75) is 25.7 Å². The Morgan fingerprint density at radius 3 is 3.17 bits per heavy atom. The molecule has 0 radical (unpaired) electrons. The van der Waals surface area contributed by atoms with Crippen molar-refractivity contribution in [3.05, 3.63) is 28.6 Å². The van der Waals surface area contributed by atoms with Crippen molar-refractivity contribution < 1.29 is 0 Å². The lowest BCUT2D eigenvalue weighted by molar-refractivity contribution is 0.214. The van der Waals surface area contributed by atoms with Gasteiger partial charge in [0.15, 0.2) is 11.5 Å². The van der Waals surface area contributed by atoms with E-state index in [4.69, 9.17) is 0 Å². The number of hydrogen-bond acceptors (Lipinski definition) is 3. The number of halogens is 1. The Bertz CT molecular complexity index is 551. The van der Waals surface area contributed by atoms with Crippen molar-refractivity contribution >= 4 is 21.6 Å². The van der Waals surface area contributed by atoms with Crippen molar-refractivity contribution in [3.63, 3.8) is 0 Å². The molecule has 0 amide bonds. The second kappa shape index (κ2) is 4.97. The molecule has 5 heteroatoms. The summed E-state index contributed by atoms with van der Waals surface area (Å²) < 4.78 is 2.87. The number of likely N-dealkylation sites (N-methyl/N-ethyl adjacent to an activating group) is 1. The van der Waals surface area contributed by atoms with E-state index in [1.807, 2.05) is 22.8 Å². The van der Waals surface area contributed by atoms with Crippen LogP contribution in [-0.2, 0) is 0 Å². The van der Waals surface area contributed by atoms with Gasteiger partial charge in [-0.1, -0.05) is 6.92 Å². The molecular weight excluding hydrogens is 292 g/mol. The fourth-order valence-corrected chi connectivity index (χ4v) is 3.04. The van der Waals surface area contributed by atoms with Crippen LogP contribution in [-0.4, -0.2) is 39.1 Å². The van der Waals surface area contributed by atoms with E-state index in [0.29, 0.717) is 5.92 Å². The van der Waals surface area contributed by atoms with Gasteiger partial charge in [-0.05, 0) is 54.0 Å². The molecule has 1 saturated heterocycles. The van der Waals surface area contributed by atoms with Crippen LogP contribution in [0.3, 0.4) is 0 Å². The van der Waals surface area contributed by atoms with E-state index < -0.39 is 0 Å². The van der Waals surface area contributed by atoms with Crippen LogP contribution in [0.1, 0.15) is 31.5 Å². The molecule has 0 aromatic carbocycles. The van der Waals surface area contributed by atoms with Gasteiger partial charge in [-0.2, -0.15) is 5.10 Å². The highest BCUT2D eigenvalue weighted by molar-refractivity contribution is 9.10. The van der Waals surface area contributed by atoms with Crippen molar-refractivity contribution in [3.8, 4) is 0 Å². The van der Waals surface area contributed by atoms with Crippen molar-refractivity contribution in [2.75, 3.05) is 19.6 Å². The topological polar surface area (TPSA) is 33.4 Å². The largest absolute Gasteiger partial charge is 0.303 e. The molecule has 1 aliphatic rings. The summed E-state index contributed by atoms with van der Waals surface area (Å²) in [6.45, 7) is 5.64. The van der Waals surface area contributed by atoms with Gasteiger partial charge in [0.25, 0.3) is 0 Å². The van der Waals surface area contributed by atoms with Crippen LogP contribution in [0, 0.1) is 0 Å². The van der Waals surface area contributed by atoms with Gasteiger partial charge in [0.2, 0.25) is 0 Å². The minimum Gasteiger partial charge on any atom is -0.303 e. The molecule has 1 unspecified atom stereocenters. The summed E-state index contributed by atoms with van der Waals surface area (Å²) in [6, 6.07) is 3.99. The molecule has 0 saturated carbocycles. The number of nitrogens with zero attached hydrogens (tertiary/aromatic N) is 4. The lowest BCUT2D eigenvalue weighted by Crippen LogP contribution is -2.34. The molecule has 2 aromatic heterocycles. The Morgan fingerprint density at radius 2 is 2.39 bits per heavy atom. The standard InChI is InChI=1S/C13H17BrN4/c1-2-17-7-3-5-10(9-17)12-15-13-11(14)6-4-8-18(13)16-12/h4,6,8,10H,2-3,5,7,9H2,1H3. The van der Waals surface area contributed by atoms with Crippen LogP contribution in [0.4, 0.5) is 0 Å². The number of aromatic nitrogens is 3. The molecule has 4 nitrogen and oxygen atoms in total. The Labute approximate surface area is 115 Å². The van der Waals surface area contributed by atoms with E-state index in [1.54, 1.807) is 0 Å². The predicted molar refractivity (Wildman–Crippen MR) is 74.8 cm³/mol. The zero-order chi connectivity index (χ0) is 12.5. The van der Waals surface area contributed by atoms with Crippen molar-refractivity contribution in [1.82, 2.24) is 19.5 Å². The fraction of sp³-hybridized carbons (Fsp3) is 0.538. The highest BCUT2D eigenvalue weighted by atomic mass is 79.9. The number of rotatable bonds is 2. The maximum absolute atomic E-state index is 4.68. The van der Waals surface area contributed by atoms with Crippen molar-refractivity contribution in [1.29, 1.82) is 0 Å². The monoisotopic (exact) mass is 308 g/mol. The predicted octanol–water partition coefficient (Wildman–Crippen LogP) is 2.69. The van der Waals surface area contributed by atoms with Crippen LogP contribution in [0.15, 0.2) is 22.8 Å². The minimum atomic E-state index is 0.477. The van der Waals surface area contributed by atoms with Crippen molar-refractivity contribution in [2.24, 2.45) is 0 Å². The average Bonchev–Trinajstić information content (AvgIpc) is 2.84. The summed E-state index contributed by atoms with van der Waals surface area (Å²) in [4.78, 5) is 7.16. The molecule has 3 rings (SSSR count). The molecule has 18 heavy (non-hydrogen) atoms. The quantitative estimate of drug-likeness (QED) is 0.855. The number of fused-ring (bicyclic) bond motifs is 1. The fourth-order valence-electron chi connectivity index (χ4n) is 2.62. The third-order valence-electron chi connectivity index (χ3n) is 3.65. The first-order chi connectivity index (χ1) is 8.78. The summed E-state index contributed by atoms with van der Waals surface area (Å²) in [5.74, 6) is 1.46. The lowest BCUT2D eigenvalue weighted by Gasteiger charge is -2.30. The molecule has 0 aliphatic carbocycles. The molecule has 1 atom stereocenters. The van der Waals surface area contributed by atoms with Gasteiger partial charge >= 0.3 is 0 Å². The van der Waals surface area contributed by atoms with Crippen LogP contribution in [0.2, 0.25) is 0 Å². The summed E-state index contributed by atoms with van der Waals surface area (Å²) in [6.07, 6.45) is 4.40. The molecule has 0 bridgehead atoms. The van der Waals surface area contributed by atoms with Crippen LogP contribution < -0.4 is 0 Å². The molecular formula is C13H17BrN4. The molecule has 3 heterocycles. The van der Waals surface area contributed by atoms with Gasteiger partial charge in [-0.3, -0.25) is 0 Å². The van der Waals surface area contributed by atoms with E-state index in [0.717, 1.165) is 29.0 Å². The van der Waals surface area contributed by atoms with Gasteiger partial charge in [0.1, 0.15) is 0 Å². The highest BCUT2D eigenvalue weighted by Crippen LogP contribution is 2.26. The third kappa shape index (κ3) is 2.17. The molecule has 96 valence electrons. The first kappa shape index (κ1) is 12.1. The van der Waals surface area contributed by atoms with E-state index in [9.17, 15) is 0 Å². The smallest absolute Gasteiger partial charge is 0.169 e.